The number of amides is 1. The summed E-state index contributed by atoms with van der Waals surface area (Å²) < 4.78 is 25.7. The monoisotopic (exact) mass is 418 g/mol. The molecule has 1 atom stereocenters. The van der Waals surface area contributed by atoms with Crippen LogP contribution in [0.4, 0.5) is 11.4 Å². The number of anilines is 2. The molecule has 1 amide bonds. The number of likely N-dealkylation sites (N-methyl/N-ethyl adjacent to an activating group) is 1. The molecule has 0 heterocycles. The Balaban J connectivity index is 2.05. The van der Waals surface area contributed by atoms with Gasteiger partial charge in [0.05, 0.1) is 10.9 Å². The van der Waals surface area contributed by atoms with E-state index in [1.54, 1.807) is 12.1 Å². The lowest BCUT2D eigenvalue weighted by Crippen LogP contribution is -2.39. The fraction of sp³-hybridized carbons (Fsp3) is 0.381. The van der Waals surface area contributed by atoms with E-state index in [4.69, 9.17) is 0 Å². The molecule has 0 spiro atoms. The molecule has 0 aliphatic heterocycles. The highest BCUT2D eigenvalue weighted by Crippen LogP contribution is 2.19. The number of benzene rings is 2. The van der Waals surface area contributed by atoms with E-state index in [0.717, 1.165) is 15.6 Å². The van der Waals surface area contributed by atoms with Crippen molar-refractivity contribution < 1.29 is 13.2 Å². The highest BCUT2D eigenvalue weighted by Gasteiger charge is 2.20. The van der Waals surface area contributed by atoms with E-state index < -0.39 is 16.1 Å². The van der Waals surface area contributed by atoms with Gasteiger partial charge >= 0.3 is 0 Å². The second kappa shape index (κ2) is 9.39. The van der Waals surface area contributed by atoms with Crippen LogP contribution in [0.3, 0.4) is 0 Å². The fourth-order valence-corrected chi connectivity index (χ4v) is 3.66. The van der Waals surface area contributed by atoms with Crippen molar-refractivity contribution in [2.24, 2.45) is 0 Å². The van der Waals surface area contributed by atoms with Crippen molar-refractivity contribution in [2.75, 3.05) is 45.5 Å². The first-order chi connectivity index (χ1) is 13.5. The molecule has 2 aromatic rings. The smallest absolute Gasteiger partial charge is 0.242 e. The van der Waals surface area contributed by atoms with E-state index in [2.05, 4.69) is 5.32 Å². The molecule has 0 saturated carbocycles. The average molecular weight is 419 g/mol. The largest absolute Gasteiger partial charge is 0.378 e. The lowest BCUT2D eigenvalue weighted by molar-refractivity contribution is -0.120. The van der Waals surface area contributed by atoms with Gasteiger partial charge in [-0.15, -0.1) is 0 Å². The number of hydrogen-bond donors (Lipinski definition) is 1. The summed E-state index contributed by atoms with van der Waals surface area (Å²) in [5, 5.41) is 2.81. The van der Waals surface area contributed by atoms with Crippen LogP contribution in [0.25, 0.3) is 0 Å². The van der Waals surface area contributed by atoms with Crippen molar-refractivity contribution in [2.45, 2.75) is 24.4 Å². The molecular weight excluding hydrogens is 388 g/mol. The number of rotatable bonds is 8. The van der Waals surface area contributed by atoms with Gasteiger partial charge in [0.15, 0.2) is 0 Å². The maximum Gasteiger partial charge on any atom is 0.242 e. The van der Waals surface area contributed by atoms with Gasteiger partial charge in [0, 0.05) is 46.1 Å². The summed E-state index contributed by atoms with van der Waals surface area (Å²) in [5.41, 5.74) is 2.68. The zero-order valence-corrected chi connectivity index (χ0v) is 18.7. The minimum absolute atomic E-state index is 0.141. The van der Waals surface area contributed by atoms with Crippen LogP contribution in [0.5, 0.6) is 0 Å². The number of carbonyl (C=O) groups is 1. The molecule has 0 bridgehead atoms. The third-order valence-corrected chi connectivity index (χ3v) is 6.62. The summed E-state index contributed by atoms with van der Waals surface area (Å²) in [6, 6.07) is 14.1. The molecular formula is C21H30N4O3S. The molecule has 0 saturated heterocycles. The fourth-order valence-electron chi connectivity index (χ4n) is 2.72. The minimum Gasteiger partial charge on any atom is -0.378 e. The minimum atomic E-state index is -3.55. The molecule has 0 radical (unpaired) electrons. The first-order valence-corrected chi connectivity index (χ1v) is 10.8. The van der Waals surface area contributed by atoms with E-state index in [1.165, 1.54) is 26.2 Å². The zero-order chi connectivity index (χ0) is 21.8. The standard InChI is InChI=1S/C21H30N4O3S/c1-16(25(6)15-17-10-12-19(13-11-17)23(2)3)21(26)22-18-8-7-9-20(14-18)29(27,28)24(4)5/h7-14,16H,15H2,1-6H3,(H,22,26)/t16-/m0/s1. The molecule has 0 aliphatic rings. The van der Waals surface area contributed by atoms with Gasteiger partial charge in [0.25, 0.3) is 0 Å². The number of hydrogen-bond acceptors (Lipinski definition) is 5. The van der Waals surface area contributed by atoms with E-state index in [-0.39, 0.29) is 10.8 Å². The van der Waals surface area contributed by atoms with Crippen LogP contribution < -0.4 is 10.2 Å². The van der Waals surface area contributed by atoms with Crippen molar-refractivity contribution >= 4 is 27.3 Å². The first kappa shape index (κ1) is 22.9. The summed E-state index contributed by atoms with van der Waals surface area (Å²) in [7, 11) is 5.27. The molecule has 158 valence electrons. The Morgan fingerprint density at radius 2 is 1.62 bits per heavy atom. The van der Waals surface area contributed by atoms with Crippen molar-refractivity contribution in [3.63, 3.8) is 0 Å². The van der Waals surface area contributed by atoms with Gasteiger partial charge in [0.1, 0.15) is 0 Å². The second-order valence-electron chi connectivity index (χ2n) is 7.46. The van der Waals surface area contributed by atoms with Crippen LogP contribution in [0, 0.1) is 0 Å². The van der Waals surface area contributed by atoms with E-state index in [0.29, 0.717) is 12.2 Å². The Kier molecular flexibility index (Phi) is 7.40. The summed E-state index contributed by atoms with van der Waals surface area (Å²) >= 11 is 0. The van der Waals surface area contributed by atoms with Crippen LogP contribution >= 0.6 is 0 Å². The Hall–Kier alpha value is -2.42. The maximum absolute atomic E-state index is 12.7. The summed E-state index contributed by atoms with van der Waals surface area (Å²) in [5.74, 6) is -0.197. The van der Waals surface area contributed by atoms with Crippen LogP contribution in [0.1, 0.15) is 12.5 Å². The van der Waals surface area contributed by atoms with Crippen LogP contribution in [0.2, 0.25) is 0 Å². The van der Waals surface area contributed by atoms with Crippen LogP contribution in [-0.4, -0.2) is 64.8 Å². The Morgan fingerprint density at radius 1 is 1.00 bits per heavy atom. The average Bonchev–Trinajstić information content (AvgIpc) is 2.67. The Labute approximate surface area is 174 Å². The predicted molar refractivity (Wildman–Crippen MR) is 118 cm³/mol. The van der Waals surface area contributed by atoms with Crippen molar-refractivity contribution in [3.8, 4) is 0 Å². The molecule has 0 aliphatic carbocycles. The van der Waals surface area contributed by atoms with Gasteiger partial charge in [0.2, 0.25) is 15.9 Å². The molecule has 2 aromatic carbocycles. The summed E-state index contributed by atoms with van der Waals surface area (Å²) in [6.45, 7) is 2.45. The van der Waals surface area contributed by atoms with Crippen molar-refractivity contribution in [1.82, 2.24) is 9.21 Å². The molecule has 29 heavy (non-hydrogen) atoms. The van der Waals surface area contributed by atoms with E-state index >= 15 is 0 Å². The first-order valence-electron chi connectivity index (χ1n) is 9.32. The number of sulfonamides is 1. The highest BCUT2D eigenvalue weighted by atomic mass is 32.2. The van der Waals surface area contributed by atoms with Gasteiger partial charge in [-0.25, -0.2) is 12.7 Å². The van der Waals surface area contributed by atoms with Gasteiger partial charge in [-0.1, -0.05) is 18.2 Å². The Morgan fingerprint density at radius 3 is 2.17 bits per heavy atom. The SMILES string of the molecule is C[C@@H](C(=O)Nc1cccc(S(=O)(=O)N(C)C)c1)N(C)Cc1ccc(N(C)C)cc1. The number of nitrogens with one attached hydrogen (secondary N) is 1. The van der Waals surface area contributed by atoms with Crippen molar-refractivity contribution in [3.05, 3.63) is 54.1 Å². The highest BCUT2D eigenvalue weighted by molar-refractivity contribution is 7.89. The van der Waals surface area contributed by atoms with Crippen LogP contribution in [0.15, 0.2) is 53.4 Å². The summed E-state index contributed by atoms with van der Waals surface area (Å²) in [6.07, 6.45) is 0. The second-order valence-corrected chi connectivity index (χ2v) is 9.61. The normalized spacial score (nSPS) is 12.8. The number of carbonyl (C=O) groups excluding carboxylic acids is 1. The van der Waals surface area contributed by atoms with Gasteiger partial charge in [-0.2, -0.15) is 0 Å². The quantitative estimate of drug-likeness (QED) is 0.713. The number of nitrogens with zero attached hydrogens (tertiary/aromatic N) is 3. The summed E-state index contributed by atoms with van der Waals surface area (Å²) in [4.78, 5) is 16.8. The zero-order valence-electron chi connectivity index (χ0n) is 17.9. The predicted octanol–water partition coefficient (Wildman–Crippen LogP) is 2.46. The third-order valence-electron chi connectivity index (χ3n) is 4.81. The van der Waals surface area contributed by atoms with Crippen LogP contribution in [-0.2, 0) is 21.4 Å². The van der Waals surface area contributed by atoms with Gasteiger partial charge in [-0.3, -0.25) is 9.69 Å². The lowest BCUT2D eigenvalue weighted by atomic mass is 10.1. The third kappa shape index (κ3) is 5.79. The van der Waals surface area contributed by atoms with Gasteiger partial charge < -0.3 is 10.2 Å². The molecule has 2 rings (SSSR count). The van der Waals surface area contributed by atoms with Gasteiger partial charge in [-0.05, 0) is 49.9 Å². The molecule has 7 nitrogen and oxygen atoms in total. The molecule has 0 unspecified atom stereocenters. The Bertz CT molecular complexity index is 941. The maximum atomic E-state index is 12.7. The topological polar surface area (TPSA) is 73.0 Å². The molecule has 0 fully saturated rings. The molecule has 8 heteroatoms. The lowest BCUT2D eigenvalue weighted by Gasteiger charge is -2.24. The molecule has 1 N–H and O–H groups in total. The van der Waals surface area contributed by atoms with E-state index in [1.807, 2.05) is 62.1 Å². The van der Waals surface area contributed by atoms with E-state index in [9.17, 15) is 13.2 Å². The van der Waals surface area contributed by atoms with Crippen molar-refractivity contribution in [1.29, 1.82) is 0 Å². The molecule has 0 aromatic heterocycles.